The smallest absolute Gasteiger partial charge is 0.308 e. The molecule has 1 aliphatic heterocycles. The van der Waals surface area contributed by atoms with Crippen LogP contribution in [0.1, 0.15) is 6.42 Å². The van der Waals surface area contributed by atoms with Crippen LogP contribution < -0.4 is 15.0 Å². The molecule has 7 heteroatoms. The molecule has 1 saturated heterocycles. The molecular weight excluding hydrogens is 370 g/mol. The van der Waals surface area contributed by atoms with Crippen molar-refractivity contribution in [2.45, 2.75) is 6.42 Å². The molecule has 0 radical (unpaired) electrons. The third kappa shape index (κ3) is 5.96. The molecule has 1 aliphatic rings. The van der Waals surface area contributed by atoms with Crippen LogP contribution in [0.3, 0.4) is 0 Å². The number of carboxylic acid groups (broad SMARTS) is 1. The van der Waals surface area contributed by atoms with Crippen molar-refractivity contribution in [1.29, 1.82) is 0 Å². The lowest BCUT2D eigenvalue weighted by Gasteiger charge is -2.37. The van der Waals surface area contributed by atoms with Crippen molar-refractivity contribution in [2.24, 2.45) is 5.92 Å². The second-order valence-electron chi connectivity index (χ2n) is 7.14. The summed E-state index contributed by atoms with van der Waals surface area (Å²) in [6.07, 6.45) is -0.0413. The first-order valence-corrected chi connectivity index (χ1v) is 9.74. The minimum atomic E-state index is -0.941. The molecule has 154 valence electrons. The molecular formula is C22H27N3O4. The van der Waals surface area contributed by atoms with Crippen LogP contribution in [-0.2, 0) is 9.59 Å². The van der Waals surface area contributed by atoms with E-state index in [2.05, 4.69) is 15.1 Å². The molecule has 2 N–H and O–H groups in total. The number of benzene rings is 2. The summed E-state index contributed by atoms with van der Waals surface area (Å²) < 4.78 is 5.29. The highest BCUT2D eigenvalue weighted by molar-refractivity contribution is 5.93. The van der Waals surface area contributed by atoms with Gasteiger partial charge in [-0.3, -0.25) is 14.5 Å². The highest BCUT2D eigenvalue weighted by Gasteiger charge is 2.26. The third-order valence-corrected chi connectivity index (χ3v) is 5.11. The molecule has 1 atom stereocenters. The van der Waals surface area contributed by atoms with Gasteiger partial charge in [0.15, 0.2) is 0 Å². The zero-order valence-corrected chi connectivity index (χ0v) is 16.6. The van der Waals surface area contributed by atoms with Gasteiger partial charge >= 0.3 is 5.97 Å². The van der Waals surface area contributed by atoms with E-state index in [9.17, 15) is 14.7 Å². The van der Waals surface area contributed by atoms with Crippen LogP contribution in [0.15, 0.2) is 54.6 Å². The van der Waals surface area contributed by atoms with E-state index in [0.29, 0.717) is 12.2 Å². The number of piperazine rings is 1. The predicted octanol–water partition coefficient (Wildman–Crippen LogP) is 2.55. The molecule has 0 bridgehead atoms. The minimum Gasteiger partial charge on any atom is -0.497 e. The fourth-order valence-corrected chi connectivity index (χ4v) is 3.49. The normalized spacial score (nSPS) is 15.6. The molecule has 7 nitrogen and oxygen atoms in total. The predicted molar refractivity (Wildman–Crippen MR) is 112 cm³/mol. The van der Waals surface area contributed by atoms with Crippen LogP contribution in [0.2, 0.25) is 0 Å². The third-order valence-electron chi connectivity index (χ3n) is 5.11. The van der Waals surface area contributed by atoms with Crippen LogP contribution in [0.4, 0.5) is 11.4 Å². The van der Waals surface area contributed by atoms with Crippen molar-refractivity contribution >= 4 is 23.3 Å². The maximum absolute atomic E-state index is 12.3. The molecule has 0 saturated carbocycles. The number of anilines is 2. The molecule has 1 amide bonds. The van der Waals surface area contributed by atoms with Gasteiger partial charge in [-0.15, -0.1) is 0 Å². The zero-order valence-electron chi connectivity index (χ0n) is 16.6. The number of hydrogen-bond acceptors (Lipinski definition) is 5. The maximum atomic E-state index is 12.3. The van der Waals surface area contributed by atoms with Gasteiger partial charge in [-0.25, -0.2) is 0 Å². The van der Waals surface area contributed by atoms with E-state index in [4.69, 9.17) is 4.74 Å². The van der Waals surface area contributed by atoms with Crippen molar-refractivity contribution in [1.82, 2.24) is 4.90 Å². The quantitative estimate of drug-likeness (QED) is 0.712. The van der Waals surface area contributed by atoms with Gasteiger partial charge in [0.1, 0.15) is 5.75 Å². The van der Waals surface area contributed by atoms with Gasteiger partial charge in [-0.1, -0.05) is 24.3 Å². The van der Waals surface area contributed by atoms with Crippen LogP contribution in [-0.4, -0.2) is 61.7 Å². The number of carbonyl (C=O) groups is 2. The van der Waals surface area contributed by atoms with Crippen molar-refractivity contribution in [3.8, 4) is 5.75 Å². The highest BCUT2D eigenvalue weighted by Crippen LogP contribution is 2.22. The molecule has 0 unspecified atom stereocenters. The summed E-state index contributed by atoms with van der Waals surface area (Å²) in [6.45, 7) is 3.47. The lowest BCUT2D eigenvalue weighted by atomic mass is 10.0. The maximum Gasteiger partial charge on any atom is 0.308 e. The second kappa shape index (κ2) is 9.93. The number of nitrogens with one attached hydrogen (secondary N) is 1. The van der Waals surface area contributed by atoms with Gasteiger partial charge < -0.3 is 20.1 Å². The van der Waals surface area contributed by atoms with Gasteiger partial charge in [0.2, 0.25) is 5.91 Å². The Kier molecular flexibility index (Phi) is 7.08. The van der Waals surface area contributed by atoms with Crippen LogP contribution in [0.25, 0.3) is 0 Å². The largest absolute Gasteiger partial charge is 0.497 e. The Hall–Kier alpha value is -3.06. The van der Waals surface area contributed by atoms with Crippen molar-refractivity contribution in [3.05, 3.63) is 54.6 Å². The topological polar surface area (TPSA) is 82.1 Å². The summed E-state index contributed by atoms with van der Waals surface area (Å²) in [4.78, 5) is 28.3. The minimum absolute atomic E-state index is 0.0413. The number of carboxylic acids is 1. The SMILES string of the molecule is COc1cccc(N2CCN(C[C@H](CC(=O)Nc3ccccc3)C(=O)O)CC2)c1. The number of carbonyl (C=O) groups excluding carboxylic acids is 1. The van der Waals surface area contributed by atoms with E-state index < -0.39 is 11.9 Å². The number of para-hydroxylation sites is 1. The average Bonchev–Trinajstić information content (AvgIpc) is 2.74. The van der Waals surface area contributed by atoms with Crippen molar-refractivity contribution in [3.63, 3.8) is 0 Å². The summed E-state index contributed by atoms with van der Waals surface area (Å²) in [7, 11) is 1.65. The standard InChI is InChI=1S/C22H27N3O4/c1-29-20-9-5-8-19(15-20)25-12-10-24(11-13-25)16-17(22(27)28)14-21(26)23-18-6-3-2-4-7-18/h2-9,15,17H,10-14,16H2,1H3,(H,23,26)(H,27,28)/t17-/m0/s1. The fourth-order valence-electron chi connectivity index (χ4n) is 3.49. The summed E-state index contributed by atoms with van der Waals surface area (Å²) in [5.74, 6) is -1.13. The number of hydrogen-bond donors (Lipinski definition) is 2. The van der Waals surface area contributed by atoms with Gasteiger partial charge in [0.05, 0.1) is 13.0 Å². The van der Waals surface area contributed by atoms with Crippen molar-refractivity contribution in [2.75, 3.05) is 50.1 Å². The Labute approximate surface area is 170 Å². The van der Waals surface area contributed by atoms with E-state index in [1.807, 2.05) is 42.5 Å². The van der Waals surface area contributed by atoms with Gasteiger partial charge in [-0.05, 0) is 24.3 Å². The second-order valence-corrected chi connectivity index (χ2v) is 7.14. The lowest BCUT2D eigenvalue weighted by Crippen LogP contribution is -2.48. The summed E-state index contributed by atoms with van der Waals surface area (Å²) in [6, 6.07) is 17.0. The Morgan fingerprint density at radius 3 is 2.45 bits per heavy atom. The average molecular weight is 397 g/mol. The number of methoxy groups -OCH3 is 1. The first-order chi connectivity index (χ1) is 14.0. The van der Waals surface area contributed by atoms with Gasteiger partial charge in [0, 0.05) is 56.6 Å². The van der Waals surface area contributed by atoms with E-state index in [-0.39, 0.29) is 12.3 Å². The van der Waals surface area contributed by atoms with E-state index in [0.717, 1.165) is 37.6 Å². The van der Waals surface area contributed by atoms with E-state index >= 15 is 0 Å². The first kappa shape index (κ1) is 20.7. The monoisotopic (exact) mass is 397 g/mol. The Balaban J connectivity index is 1.51. The number of amides is 1. The van der Waals surface area contributed by atoms with E-state index in [1.165, 1.54) is 0 Å². The van der Waals surface area contributed by atoms with Crippen LogP contribution in [0.5, 0.6) is 5.75 Å². The molecule has 0 spiro atoms. The van der Waals surface area contributed by atoms with Crippen molar-refractivity contribution < 1.29 is 19.4 Å². The van der Waals surface area contributed by atoms with Crippen LogP contribution in [0, 0.1) is 5.92 Å². The number of aliphatic carboxylic acids is 1. The molecule has 2 aromatic carbocycles. The first-order valence-electron chi connectivity index (χ1n) is 9.74. The number of rotatable bonds is 8. The molecule has 0 aliphatic carbocycles. The van der Waals surface area contributed by atoms with Gasteiger partial charge in [0.25, 0.3) is 0 Å². The highest BCUT2D eigenvalue weighted by atomic mass is 16.5. The molecule has 3 rings (SSSR count). The summed E-state index contributed by atoms with van der Waals surface area (Å²) in [5.41, 5.74) is 1.77. The van der Waals surface area contributed by atoms with Gasteiger partial charge in [-0.2, -0.15) is 0 Å². The molecule has 2 aromatic rings. The summed E-state index contributed by atoms with van der Waals surface area (Å²) >= 11 is 0. The Morgan fingerprint density at radius 1 is 1.07 bits per heavy atom. The lowest BCUT2D eigenvalue weighted by molar-refractivity contribution is -0.144. The van der Waals surface area contributed by atoms with E-state index in [1.54, 1.807) is 19.2 Å². The number of ether oxygens (including phenoxy) is 1. The zero-order chi connectivity index (χ0) is 20.6. The molecule has 29 heavy (non-hydrogen) atoms. The molecule has 0 aromatic heterocycles. The van der Waals surface area contributed by atoms with Crippen LogP contribution >= 0.6 is 0 Å². The number of nitrogens with zero attached hydrogens (tertiary/aromatic N) is 2. The summed E-state index contributed by atoms with van der Waals surface area (Å²) in [5, 5.41) is 12.3. The molecule has 1 fully saturated rings. The Bertz CT molecular complexity index is 820. The fraction of sp³-hybridized carbons (Fsp3) is 0.364. The molecule has 1 heterocycles. The Morgan fingerprint density at radius 2 is 1.79 bits per heavy atom.